The van der Waals surface area contributed by atoms with Crippen molar-refractivity contribution in [3.05, 3.63) is 59.7 Å². The summed E-state index contributed by atoms with van der Waals surface area (Å²) in [6.45, 7) is 4.36. The van der Waals surface area contributed by atoms with Gasteiger partial charge in [0.15, 0.2) is 5.78 Å². The molecule has 0 saturated carbocycles. The molecule has 1 aliphatic rings. The van der Waals surface area contributed by atoms with Gasteiger partial charge in [0.25, 0.3) is 0 Å². The summed E-state index contributed by atoms with van der Waals surface area (Å²) < 4.78 is 38.9. The van der Waals surface area contributed by atoms with E-state index < -0.39 is 10.0 Å². The number of nitrogens with zero attached hydrogens (tertiary/aromatic N) is 1. The predicted octanol–water partition coefficient (Wildman–Crippen LogP) is 2.25. The van der Waals surface area contributed by atoms with Crippen molar-refractivity contribution in [1.82, 2.24) is 9.62 Å². The Morgan fingerprint density at radius 3 is 2.28 bits per heavy atom. The molecule has 2 aromatic carbocycles. The van der Waals surface area contributed by atoms with Gasteiger partial charge in [-0.2, -0.15) is 0 Å². The van der Waals surface area contributed by atoms with E-state index in [1.807, 2.05) is 24.3 Å². The standard InChI is InChI=1S/C21H26N2O5S/c1-16(24)17-5-9-20(10-6-17)29(25,26)22-15-21(23-11-13-28-14-12-23)18-3-7-19(27-2)8-4-18/h3-10,21-22H,11-15H2,1-2H3. The second kappa shape index (κ2) is 9.49. The van der Waals surface area contributed by atoms with Gasteiger partial charge in [-0.3, -0.25) is 9.69 Å². The molecule has 1 aliphatic heterocycles. The molecule has 1 heterocycles. The lowest BCUT2D eigenvalue weighted by Gasteiger charge is -2.35. The fourth-order valence-electron chi connectivity index (χ4n) is 3.31. The van der Waals surface area contributed by atoms with Crippen LogP contribution >= 0.6 is 0 Å². The Kier molecular flexibility index (Phi) is 7.02. The lowest BCUT2D eigenvalue weighted by atomic mass is 10.0. The number of hydrogen-bond donors (Lipinski definition) is 1. The van der Waals surface area contributed by atoms with E-state index in [0.29, 0.717) is 18.8 Å². The van der Waals surface area contributed by atoms with Crippen LogP contribution in [0.5, 0.6) is 5.75 Å². The van der Waals surface area contributed by atoms with Gasteiger partial charge in [-0.15, -0.1) is 0 Å². The van der Waals surface area contributed by atoms with Crippen LogP contribution in [0.2, 0.25) is 0 Å². The molecule has 0 amide bonds. The number of morpholine rings is 1. The first-order valence-corrected chi connectivity index (χ1v) is 11.0. The quantitative estimate of drug-likeness (QED) is 0.662. The normalized spacial score (nSPS) is 16.3. The molecule has 1 N–H and O–H groups in total. The van der Waals surface area contributed by atoms with Gasteiger partial charge in [-0.1, -0.05) is 24.3 Å². The van der Waals surface area contributed by atoms with Crippen molar-refractivity contribution >= 4 is 15.8 Å². The largest absolute Gasteiger partial charge is 0.497 e. The maximum atomic E-state index is 12.8. The smallest absolute Gasteiger partial charge is 0.240 e. The summed E-state index contributed by atoms with van der Waals surface area (Å²) in [7, 11) is -2.09. The number of carbonyl (C=O) groups excluding carboxylic acids is 1. The van der Waals surface area contributed by atoms with E-state index in [-0.39, 0.29) is 23.3 Å². The Hall–Kier alpha value is -2.26. The summed E-state index contributed by atoms with van der Waals surface area (Å²) >= 11 is 0. The van der Waals surface area contributed by atoms with Crippen LogP contribution in [-0.4, -0.2) is 59.1 Å². The minimum atomic E-state index is -3.70. The molecule has 0 bridgehead atoms. The average molecular weight is 419 g/mol. The van der Waals surface area contributed by atoms with E-state index in [1.165, 1.54) is 31.2 Å². The van der Waals surface area contributed by atoms with E-state index in [1.54, 1.807) is 7.11 Å². The Labute approximate surface area is 171 Å². The number of carbonyl (C=O) groups is 1. The third-order valence-corrected chi connectivity index (χ3v) is 6.46. The minimum Gasteiger partial charge on any atom is -0.497 e. The fourth-order valence-corrected chi connectivity index (χ4v) is 4.35. The summed E-state index contributed by atoms with van der Waals surface area (Å²) in [5, 5.41) is 0. The SMILES string of the molecule is COc1ccc(C(CNS(=O)(=O)c2ccc(C(C)=O)cc2)N2CCOCC2)cc1. The zero-order valence-electron chi connectivity index (χ0n) is 16.6. The van der Waals surface area contributed by atoms with Crippen LogP contribution in [-0.2, 0) is 14.8 Å². The molecule has 0 radical (unpaired) electrons. The van der Waals surface area contributed by atoms with Crippen LogP contribution in [0.3, 0.4) is 0 Å². The van der Waals surface area contributed by atoms with E-state index in [4.69, 9.17) is 9.47 Å². The van der Waals surface area contributed by atoms with Gasteiger partial charge in [0.2, 0.25) is 10.0 Å². The molecule has 0 aliphatic carbocycles. The molecule has 0 spiro atoms. The second-order valence-corrected chi connectivity index (χ2v) is 8.64. The number of methoxy groups -OCH3 is 1. The summed E-state index contributed by atoms with van der Waals surface area (Å²) in [5.74, 6) is 0.648. The zero-order chi connectivity index (χ0) is 20.9. The van der Waals surface area contributed by atoms with Gasteiger partial charge in [-0.25, -0.2) is 13.1 Å². The third kappa shape index (κ3) is 5.42. The number of rotatable bonds is 8. The van der Waals surface area contributed by atoms with Crippen LogP contribution < -0.4 is 9.46 Å². The summed E-state index contributed by atoms with van der Waals surface area (Å²) in [4.78, 5) is 13.8. The molecule has 0 aromatic heterocycles. The minimum absolute atomic E-state index is 0.103. The van der Waals surface area contributed by atoms with Gasteiger partial charge in [0.05, 0.1) is 25.2 Å². The molecular weight excluding hydrogens is 392 g/mol. The van der Waals surface area contributed by atoms with E-state index in [0.717, 1.165) is 24.4 Å². The molecule has 8 heteroatoms. The van der Waals surface area contributed by atoms with Crippen LogP contribution in [0, 0.1) is 0 Å². The Balaban J connectivity index is 1.78. The molecule has 3 rings (SSSR count). The van der Waals surface area contributed by atoms with Crippen molar-refractivity contribution < 1.29 is 22.7 Å². The average Bonchev–Trinajstić information content (AvgIpc) is 2.75. The van der Waals surface area contributed by atoms with Crippen LogP contribution in [0.1, 0.15) is 28.9 Å². The Morgan fingerprint density at radius 2 is 1.72 bits per heavy atom. The van der Waals surface area contributed by atoms with Gasteiger partial charge in [0.1, 0.15) is 5.75 Å². The Morgan fingerprint density at radius 1 is 1.10 bits per heavy atom. The predicted molar refractivity (Wildman–Crippen MR) is 110 cm³/mol. The maximum absolute atomic E-state index is 12.8. The van der Waals surface area contributed by atoms with E-state index in [2.05, 4.69) is 9.62 Å². The van der Waals surface area contributed by atoms with Gasteiger partial charge < -0.3 is 9.47 Å². The van der Waals surface area contributed by atoms with E-state index >= 15 is 0 Å². The molecule has 1 atom stereocenters. The van der Waals surface area contributed by atoms with Crippen molar-refractivity contribution in [2.45, 2.75) is 17.9 Å². The summed E-state index contributed by atoms with van der Waals surface area (Å²) in [5.41, 5.74) is 1.48. The lowest BCUT2D eigenvalue weighted by Crippen LogP contribution is -2.43. The van der Waals surface area contributed by atoms with E-state index in [9.17, 15) is 13.2 Å². The van der Waals surface area contributed by atoms with Crippen molar-refractivity contribution in [2.24, 2.45) is 0 Å². The topological polar surface area (TPSA) is 84.9 Å². The molecule has 7 nitrogen and oxygen atoms in total. The highest BCUT2D eigenvalue weighted by Gasteiger charge is 2.25. The number of nitrogens with one attached hydrogen (secondary N) is 1. The number of hydrogen-bond acceptors (Lipinski definition) is 6. The first-order chi connectivity index (χ1) is 13.9. The first-order valence-electron chi connectivity index (χ1n) is 9.47. The lowest BCUT2D eigenvalue weighted by molar-refractivity contribution is 0.0172. The van der Waals surface area contributed by atoms with Crippen LogP contribution in [0.15, 0.2) is 53.4 Å². The van der Waals surface area contributed by atoms with Crippen molar-refractivity contribution in [3.8, 4) is 5.75 Å². The highest BCUT2D eigenvalue weighted by molar-refractivity contribution is 7.89. The van der Waals surface area contributed by atoms with Gasteiger partial charge in [-0.05, 0) is 36.8 Å². The third-order valence-electron chi connectivity index (χ3n) is 5.02. The summed E-state index contributed by atoms with van der Waals surface area (Å²) in [6, 6.07) is 13.5. The van der Waals surface area contributed by atoms with Gasteiger partial charge in [0, 0.05) is 31.2 Å². The van der Waals surface area contributed by atoms with Crippen molar-refractivity contribution in [2.75, 3.05) is 40.0 Å². The van der Waals surface area contributed by atoms with Crippen LogP contribution in [0.25, 0.3) is 0 Å². The monoisotopic (exact) mass is 418 g/mol. The molecular formula is C21H26N2O5S. The number of sulfonamides is 1. The number of ketones is 1. The molecule has 2 aromatic rings. The van der Waals surface area contributed by atoms with Crippen LogP contribution in [0.4, 0.5) is 0 Å². The number of ether oxygens (including phenoxy) is 2. The van der Waals surface area contributed by atoms with Crippen molar-refractivity contribution in [3.63, 3.8) is 0 Å². The zero-order valence-corrected chi connectivity index (χ0v) is 17.4. The number of benzene rings is 2. The van der Waals surface area contributed by atoms with Crippen molar-refractivity contribution in [1.29, 1.82) is 0 Å². The molecule has 156 valence electrons. The fraction of sp³-hybridized carbons (Fsp3) is 0.381. The first kappa shape index (κ1) is 21.4. The Bertz CT molecular complexity index is 921. The highest BCUT2D eigenvalue weighted by Crippen LogP contribution is 2.24. The molecule has 29 heavy (non-hydrogen) atoms. The maximum Gasteiger partial charge on any atom is 0.240 e. The highest BCUT2D eigenvalue weighted by atomic mass is 32.2. The van der Waals surface area contributed by atoms with Gasteiger partial charge >= 0.3 is 0 Å². The molecule has 1 saturated heterocycles. The molecule has 1 unspecified atom stereocenters. The molecule has 1 fully saturated rings. The number of Topliss-reactive ketones (excluding diaryl/α,β-unsaturated/α-hetero) is 1. The second-order valence-electron chi connectivity index (χ2n) is 6.87. The summed E-state index contributed by atoms with van der Waals surface area (Å²) in [6.07, 6.45) is 0.